The van der Waals surface area contributed by atoms with Gasteiger partial charge in [0.15, 0.2) is 0 Å². The molecule has 10 nitrogen and oxygen atoms in total. The molecule has 0 atom stereocenters. The molecule has 1 N–H and O–H groups in total. The van der Waals surface area contributed by atoms with Crippen LogP contribution in [0, 0.1) is 22.9 Å². The summed E-state index contributed by atoms with van der Waals surface area (Å²) in [5.41, 5.74) is 1.43. The highest BCUT2D eigenvalue weighted by atomic mass is 19.1. The van der Waals surface area contributed by atoms with Crippen molar-refractivity contribution in [3.8, 4) is 0 Å². The van der Waals surface area contributed by atoms with Crippen LogP contribution >= 0.6 is 0 Å². The quantitative estimate of drug-likeness (QED) is 0.291. The Morgan fingerprint density at radius 1 is 1.19 bits per heavy atom. The van der Waals surface area contributed by atoms with Gasteiger partial charge in [0.05, 0.1) is 34.1 Å². The molecule has 0 unspecified atom stereocenters. The molecule has 3 heterocycles. The summed E-state index contributed by atoms with van der Waals surface area (Å²) in [6, 6.07) is 6.63. The van der Waals surface area contributed by atoms with E-state index in [1.165, 1.54) is 4.90 Å². The molecular weight excluding hydrogens is 467 g/mol. The lowest BCUT2D eigenvalue weighted by Crippen LogP contribution is -2.39. The van der Waals surface area contributed by atoms with Crippen LogP contribution in [0.1, 0.15) is 57.3 Å². The molecule has 1 aliphatic heterocycles. The Hall–Kier alpha value is -4.15. The van der Waals surface area contributed by atoms with Gasteiger partial charge in [-0.3, -0.25) is 24.7 Å². The molecule has 0 radical (unpaired) electrons. The molecular formula is C25H27FN6O4. The number of rotatable bonds is 8. The maximum absolute atomic E-state index is 14.3. The number of carbonyl (C=O) groups is 2. The van der Waals surface area contributed by atoms with E-state index in [2.05, 4.69) is 15.3 Å². The highest BCUT2D eigenvalue weighted by Gasteiger charge is 2.29. The molecule has 36 heavy (non-hydrogen) atoms. The van der Waals surface area contributed by atoms with Gasteiger partial charge in [0, 0.05) is 56.3 Å². The van der Waals surface area contributed by atoms with E-state index in [-0.39, 0.29) is 17.4 Å². The minimum Gasteiger partial charge on any atom is -0.352 e. The second-order valence-electron chi connectivity index (χ2n) is 8.78. The fraction of sp³-hybridized carbons (Fsp3) is 0.360. The SMILES string of the molecule is Cc1ccc(C(=O)NCCCn2ccnc2)c(C2CCN(C(=O)c3ccc([N+](=O)[O-])cc3F)CC2)n1. The Bertz CT molecular complexity index is 1260. The molecule has 2 amide bonds. The minimum absolute atomic E-state index is 0.0256. The Morgan fingerprint density at radius 2 is 1.94 bits per heavy atom. The highest BCUT2D eigenvalue weighted by Crippen LogP contribution is 2.30. The fourth-order valence-electron chi connectivity index (χ4n) is 4.38. The third kappa shape index (κ3) is 5.73. The van der Waals surface area contributed by atoms with E-state index in [4.69, 9.17) is 0 Å². The number of piperidine rings is 1. The van der Waals surface area contributed by atoms with E-state index in [1.54, 1.807) is 24.7 Å². The van der Waals surface area contributed by atoms with Crippen molar-refractivity contribution >= 4 is 17.5 Å². The molecule has 1 aliphatic rings. The first-order chi connectivity index (χ1) is 17.3. The highest BCUT2D eigenvalue weighted by molar-refractivity contribution is 5.96. The Balaban J connectivity index is 1.38. The zero-order valence-corrected chi connectivity index (χ0v) is 19.9. The second kappa shape index (κ2) is 11.1. The number of nitro groups is 1. The average Bonchev–Trinajstić information content (AvgIpc) is 3.39. The lowest BCUT2D eigenvalue weighted by Gasteiger charge is -2.32. The van der Waals surface area contributed by atoms with Crippen molar-refractivity contribution < 1.29 is 18.9 Å². The molecule has 1 saturated heterocycles. The number of aryl methyl sites for hydroxylation is 2. The number of amides is 2. The van der Waals surface area contributed by atoms with Crippen LogP contribution in [0.3, 0.4) is 0 Å². The predicted octanol–water partition coefficient (Wildman–Crippen LogP) is 3.47. The third-order valence-electron chi connectivity index (χ3n) is 6.31. The first kappa shape index (κ1) is 25.0. The molecule has 11 heteroatoms. The number of likely N-dealkylation sites (tertiary alicyclic amines) is 1. The molecule has 0 saturated carbocycles. The summed E-state index contributed by atoms with van der Waals surface area (Å²) in [4.78, 5) is 46.1. The minimum atomic E-state index is -0.913. The molecule has 0 aliphatic carbocycles. The van der Waals surface area contributed by atoms with Crippen molar-refractivity contribution in [2.45, 2.75) is 38.6 Å². The molecule has 0 bridgehead atoms. The largest absolute Gasteiger partial charge is 0.352 e. The van der Waals surface area contributed by atoms with E-state index < -0.39 is 22.3 Å². The van der Waals surface area contributed by atoms with Gasteiger partial charge in [-0.1, -0.05) is 0 Å². The van der Waals surface area contributed by atoms with Crippen LogP contribution in [0.5, 0.6) is 0 Å². The fourth-order valence-corrected chi connectivity index (χ4v) is 4.38. The number of hydrogen-bond donors (Lipinski definition) is 1. The first-order valence-electron chi connectivity index (χ1n) is 11.8. The van der Waals surface area contributed by atoms with Crippen LogP contribution in [-0.4, -0.2) is 55.8 Å². The summed E-state index contributed by atoms with van der Waals surface area (Å²) in [5, 5.41) is 13.8. The van der Waals surface area contributed by atoms with E-state index in [1.807, 2.05) is 17.7 Å². The topological polar surface area (TPSA) is 123 Å². The van der Waals surface area contributed by atoms with Crippen LogP contribution < -0.4 is 5.32 Å². The lowest BCUT2D eigenvalue weighted by atomic mass is 9.89. The molecule has 2 aromatic heterocycles. The van der Waals surface area contributed by atoms with Crippen molar-refractivity contribution in [2.24, 2.45) is 0 Å². The van der Waals surface area contributed by atoms with Gasteiger partial charge in [-0.05, 0) is 44.4 Å². The number of benzene rings is 1. The first-order valence-corrected chi connectivity index (χ1v) is 11.8. The Morgan fingerprint density at radius 3 is 2.61 bits per heavy atom. The van der Waals surface area contributed by atoms with Gasteiger partial charge < -0.3 is 14.8 Å². The number of hydrogen-bond acceptors (Lipinski definition) is 6. The predicted molar refractivity (Wildman–Crippen MR) is 129 cm³/mol. The number of nitro benzene ring substituents is 1. The smallest absolute Gasteiger partial charge is 0.272 e. The summed E-state index contributed by atoms with van der Waals surface area (Å²) in [6.45, 7) is 3.86. The van der Waals surface area contributed by atoms with Crippen LogP contribution in [-0.2, 0) is 6.54 Å². The molecule has 3 aromatic rings. The van der Waals surface area contributed by atoms with Crippen LogP contribution in [0.4, 0.5) is 10.1 Å². The average molecular weight is 495 g/mol. The number of nitrogens with zero attached hydrogens (tertiary/aromatic N) is 5. The second-order valence-corrected chi connectivity index (χ2v) is 8.78. The summed E-state index contributed by atoms with van der Waals surface area (Å²) < 4.78 is 16.3. The maximum Gasteiger partial charge on any atom is 0.272 e. The standard InChI is InChI=1S/C25H27FN6O4/c1-17-3-5-21(24(33)28-9-2-11-30-14-10-27-16-30)23(29-17)18-7-12-31(13-8-18)25(34)20-6-4-19(32(35)36)15-22(20)26/h3-6,10,14-16,18H,2,7-9,11-13H2,1H3,(H,28,33). The number of pyridine rings is 1. The third-order valence-corrected chi connectivity index (χ3v) is 6.31. The number of halogens is 1. The van der Waals surface area contributed by atoms with Gasteiger partial charge in [-0.15, -0.1) is 0 Å². The van der Waals surface area contributed by atoms with Crippen molar-refractivity contribution in [3.05, 3.63) is 87.5 Å². The lowest BCUT2D eigenvalue weighted by molar-refractivity contribution is -0.385. The van der Waals surface area contributed by atoms with Crippen molar-refractivity contribution in [2.75, 3.05) is 19.6 Å². The molecule has 1 aromatic carbocycles. The van der Waals surface area contributed by atoms with Crippen molar-refractivity contribution in [1.29, 1.82) is 0 Å². The van der Waals surface area contributed by atoms with Gasteiger partial charge in [0.25, 0.3) is 17.5 Å². The number of non-ortho nitro benzene ring substituents is 1. The Kier molecular flexibility index (Phi) is 7.67. The van der Waals surface area contributed by atoms with E-state index in [0.717, 1.165) is 36.9 Å². The molecule has 0 spiro atoms. The summed E-state index contributed by atoms with van der Waals surface area (Å²) in [7, 11) is 0. The zero-order chi connectivity index (χ0) is 25.7. The monoisotopic (exact) mass is 494 g/mol. The van der Waals surface area contributed by atoms with Crippen molar-refractivity contribution in [3.63, 3.8) is 0 Å². The molecule has 4 rings (SSSR count). The number of nitrogens with one attached hydrogen (secondary N) is 1. The van der Waals surface area contributed by atoms with Crippen molar-refractivity contribution in [1.82, 2.24) is 24.8 Å². The van der Waals surface area contributed by atoms with Gasteiger partial charge in [0.1, 0.15) is 5.82 Å². The van der Waals surface area contributed by atoms with Crippen LogP contribution in [0.2, 0.25) is 0 Å². The summed E-state index contributed by atoms with van der Waals surface area (Å²) in [5.74, 6) is -1.63. The van der Waals surface area contributed by atoms with E-state index in [0.29, 0.717) is 43.7 Å². The van der Waals surface area contributed by atoms with E-state index >= 15 is 0 Å². The zero-order valence-electron chi connectivity index (χ0n) is 19.9. The molecule has 1 fully saturated rings. The van der Waals surface area contributed by atoms with Gasteiger partial charge in [-0.2, -0.15) is 0 Å². The number of aromatic nitrogens is 3. The van der Waals surface area contributed by atoms with Gasteiger partial charge in [0.2, 0.25) is 0 Å². The summed E-state index contributed by atoms with van der Waals surface area (Å²) in [6.07, 6.45) is 7.21. The summed E-state index contributed by atoms with van der Waals surface area (Å²) >= 11 is 0. The normalized spacial score (nSPS) is 14.0. The van der Waals surface area contributed by atoms with Gasteiger partial charge in [-0.25, -0.2) is 9.37 Å². The maximum atomic E-state index is 14.3. The van der Waals surface area contributed by atoms with Crippen LogP contribution in [0.15, 0.2) is 49.1 Å². The van der Waals surface area contributed by atoms with E-state index in [9.17, 15) is 24.1 Å². The van der Waals surface area contributed by atoms with Crippen LogP contribution in [0.25, 0.3) is 0 Å². The Labute approximate surface area is 207 Å². The number of imidazole rings is 1. The molecule has 188 valence electrons. The van der Waals surface area contributed by atoms with Gasteiger partial charge >= 0.3 is 0 Å². The number of carbonyl (C=O) groups excluding carboxylic acids is 2.